The maximum atomic E-state index is 12.0. The number of nitrogens with zero attached hydrogens (tertiary/aromatic N) is 1. The summed E-state index contributed by atoms with van der Waals surface area (Å²) in [5.74, 6) is 0.347. The Kier molecular flexibility index (Phi) is 4.31. The molecule has 1 heterocycles. The van der Waals surface area contributed by atoms with Crippen molar-refractivity contribution in [2.45, 2.75) is 36.6 Å². The van der Waals surface area contributed by atoms with Gasteiger partial charge in [0, 0.05) is 25.0 Å². The molecule has 5 nitrogen and oxygen atoms in total. The zero-order chi connectivity index (χ0) is 13.0. The monoisotopic (exact) mass is 269 g/mol. The predicted octanol–water partition coefficient (Wildman–Crippen LogP) is 0.877. The van der Waals surface area contributed by atoms with Gasteiger partial charge in [-0.15, -0.1) is 0 Å². The maximum Gasteiger partial charge on any atom is 0.242 e. The molecule has 1 fully saturated rings. The molecule has 3 N–H and O–H groups in total. The fourth-order valence-electron chi connectivity index (χ4n) is 2.33. The first-order valence-electron chi connectivity index (χ1n) is 6.23. The van der Waals surface area contributed by atoms with E-state index >= 15 is 0 Å². The minimum Gasteiger partial charge on any atom is -0.328 e. The Morgan fingerprint density at radius 2 is 2.28 bits per heavy atom. The highest BCUT2D eigenvalue weighted by Crippen LogP contribution is 2.22. The first kappa shape index (κ1) is 13.5. The van der Waals surface area contributed by atoms with Crippen LogP contribution in [0, 0.1) is 5.92 Å². The van der Waals surface area contributed by atoms with Crippen molar-refractivity contribution in [3.8, 4) is 0 Å². The average Bonchev–Trinajstić information content (AvgIpc) is 2.38. The molecule has 100 valence electrons. The summed E-state index contributed by atoms with van der Waals surface area (Å²) in [6.07, 6.45) is 6.99. The van der Waals surface area contributed by atoms with Gasteiger partial charge in [-0.2, -0.15) is 0 Å². The molecule has 1 aromatic rings. The van der Waals surface area contributed by atoms with Crippen LogP contribution in [0.1, 0.15) is 25.7 Å². The van der Waals surface area contributed by atoms with Crippen LogP contribution >= 0.6 is 0 Å². The fourth-order valence-corrected chi connectivity index (χ4v) is 3.41. The molecule has 0 spiro atoms. The number of aromatic nitrogens is 1. The lowest BCUT2D eigenvalue weighted by atomic mass is 9.86. The van der Waals surface area contributed by atoms with Gasteiger partial charge in [-0.1, -0.05) is 6.42 Å². The number of sulfonamides is 1. The molecule has 0 aliphatic heterocycles. The lowest BCUT2D eigenvalue weighted by Crippen LogP contribution is -2.35. The molecule has 6 heteroatoms. The molecule has 0 aromatic carbocycles. The molecule has 1 saturated carbocycles. The van der Waals surface area contributed by atoms with Crippen LogP contribution in [-0.4, -0.2) is 26.0 Å². The number of hydrogen-bond donors (Lipinski definition) is 2. The van der Waals surface area contributed by atoms with Crippen LogP contribution in [0.3, 0.4) is 0 Å². The Morgan fingerprint density at radius 3 is 2.94 bits per heavy atom. The van der Waals surface area contributed by atoms with E-state index in [2.05, 4.69) is 9.71 Å². The topological polar surface area (TPSA) is 85.1 Å². The fraction of sp³-hybridized carbons (Fsp3) is 0.583. The Balaban J connectivity index is 1.93. The Labute approximate surface area is 108 Å². The summed E-state index contributed by atoms with van der Waals surface area (Å²) < 4.78 is 26.6. The Bertz CT molecular complexity index is 475. The van der Waals surface area contributed by atoms with E-state index in [1.165, 1.54) is 6.20 Å². The van der Waals surface area contributed by atoms with E-state index in [1.807, 2.05) is 0 Å². The second-order valence-electron chi connectivity index (χ2n) is 4.83. The van der Waals surface area contributed by atoms with Crippen LogP contribution in [0.15, 0.2) is 29.4 Å². The minimum absolute atomic E-state index is 0.213. The first-order chi connectivity index (χ1) is 8.58. The van der Waals surface area contributed by atoms with Gasteiger partial charge in [-0.25, -0.2) is 13.1 Å². The van der Waals surface area contributed by atoms with E-state index in [9.17, 15) is 8.42 Å². The average molecular weight is 269 g/mol. The Hall–Kier alpha value is -0.980. The highest BCUT2D eigenvalue weighted by Gasteiger charge is 2.21. The van der Waals surface area contributed by atoms with Crippen LogP contribution in [0.25, 0.3) is 0 Å². The van der Waals surface area contributed by atoms with E-state index in [-0.39, 0.29) is 10.9 Å². The molecule has 2 atom stereocenters. The molecule has 0 saturated heterocycles. The van der Waals surface area contributed by atoms with Crippen LogP contribution in [0.2, 0.25) is 0 Å². The van der Waals surface area contributed by atoms with Gasteiger partial charge in [-0.05, 0) is 37.3 Å². The number of rotatable bonds is 4. The van der Waals surface area contributed by atoms with E-state index in [4.69, 9.17) is 5.73 Å². The van der Waals surface area contributed by atoms with Crippen molar-refractivity contribution in [2.24, 2.45) is 11.7 Å². The number of nitrogens with two attached hydrogens (primary N) is 1. The normalized spacial score (nSPS) is 24.9. The van der Waals surface area contributed by atoms with Gasteiger partial charge in [0.25, 0.3) is 0 Å². The highest BCUT2D eigenvalue weighted by molar-refractivity contribution is 7.89. The van der Waals surface area contributed by atoms with Gasteiger partial charge in [0.15, 0.2) is 0 Å². The van der Waals surface area contributed by atoms with Crippen molar-refractivity contribution in [3.05, 3.63) is 24.5 Å². The van der Waals surface area contributed by atoms with Crippen molar-refractivity contribution in [3.63, 3.8) is 0 Å². The summed E-state index contributed by atoms with van der Waals surface area (Å²) >= 11 is 0. The van der Waals surface area contributed by atoms with Crippen LogP contribution in [0.5, 0.6) is 0 Å². The smallest absolute Gasteiger partial charge is 0.242 e. The molecule has 0 radical (unpaired) electrons. The number of hydrogen-bond acceptors (Lipinski definition) is 4. The molecule has 2 rings (SSSR count). The second-order valence-corrected chi connectivity index (χ2v) is 6.60. The van der Waals surface area contributed by atoms with Crippen LogP contribution in [0.4, 0.5) is 0 Å². The van der Waals surface area contributed by atoms with Crippen molar-refractivity contribution < 1.29 is 8.42 Å². The van der Waals surface area contributed by atoms with Crippen molar-refractivity contribution in [2.75, 3.05) is 6.54 Å². The highest BCUT2D eigenvalue weighted by atomic mass is 32.2. The summed E-state index contributed by atoms with van der Waals surface area (Å²) in [6, 6.07) is 3.37. The van der Waals surface area contributed by atoms with Gasteiger partial charge in [-0.3, -0.25) is 4.98 Å². The summed E-state index contributed by atoms with van der Waals surface area (Å²) in [6.45, 7) is 0.463. The van der Waals surface area contributed by atoms with Crippen molar-refractivity contribution >= 4 is 10.0 Å². The number of nitrogens with one attached hydrogen (secondary N) is 1. The van der Waals surface area contributed by atoms with Crippen molar-refractivity contribution in [1.82, 2.24) is 9.71 Å². The zero-order valence-electron chi connectivity index (χ0n) is 10.2. The molecule has 18 heavy (non-hydrogen) atoms. The third kappa shape index (κ3) is 3.51. The minimum atomic E-state index is -3.43. The molecular formula is C12H19N3O2S. The van der Waals surface area contributed by atoms with Gasteiger partial charge >= 0.3 is 0 Å². The largest absolute Gasteiger partial charge is 0.328 e. The quantitative estimate of drug-likeness (QED) is 0.849. The first-order valence-corrected chi connectivity index (χ1v) is 7.71. The molecule has 0 bridgehead atoms. The summed E-state index contributed by atoms with van der Waals surface area (Å²) in [7, 11) is -3.43. The van der Waals surface area contributed by atoms with Gasteiger partial charge in [0.2, 0.25) is 10.0 Å². The summed E-state index contributed by atoms with van der Waals surface area (Å²) in [5, 5.41) is 0. The molecule has 1 aliphatic carbocycles. The number of pyridine rings is 1. The van der Waals surface area contributed by atoms with Gasteiger partial charge in [0.05, 0.1) is 0 Å². The third-order valence-electron chi connectivity index (χ3n) is 3.33. The predicted molar refractivity (Wildman–Crippen MR) is 69.4 cm³/mol. The van der Waals surface area contributed by atoms with E-state index in [1.54, 1.807) is 18.3 Å². The standard InChI is InChI=1S/C12H19N3O2S/c13-11-4-1-3-10(7-11)8-15-18(16,17)12-5-2-6-14-9-12/h2,5-6,9-11,15H,1,3-4,7-8,13H2. The molecular weight excluding hydrogens is 250 g/mol. The van der Waals surface area contributed by atoms with E-state index < -0.39 is 10.0 Å². The molecule has 2 unspecified atom stereocenters. The molecule has 1 aliphatic rings. The van der Waals surface area contributed by atoms with Crippen LogP contribution in [-0.2, 0) is 10.0 Å². The SMILES string of the molecule is NC1CCCC(CNS(=O)(=O)c2cccnc2)C1. The third-order valence-corrected chi connectivity index (χ3v) is 4.74. The second kappa shape index (κ2) is 5.77. The summed E-state index contributed by atoms with van der Waals surface area (Å²) in [4.78, 5) is 4.03. The summed E-state index contributed by atoms with van der Waals surface area (Å²) in [5.41, 5.74) is 5.89. The van der Waals surface area contributed by atoms with Crippen molar-refractivity contribution in [1.29, 1.82) is 0 Å². The van der Waals surface area contributed by atoms with Crippen LogP contribution < -0.4 is 10.5 Å². The Morgan fingerprint density at radius 1 is 1.44 bits per heavy atom. The van der Waals surface area contributed by atoms with E-state index in [0.29, 0.717) is 12.5 Å². The van der Waals surface area contributed by atoms with Gasteiger partial charge in [0.1, 0.15) is 4.90 Å². The lowest BCUT2D eigenvalue weighted by molar-refractivity contribution is 0.322. The van der Waals surface area contributed by atoms with E-state index in [0.717, 1.165) is 25.7 Å². The molecule has 1 aromatic heterocycles. The zero-order valence-corrected chi connectivity index (χ0v) is 11.1. The lowest BCUT2D eigenvalue weighted by Gasteiger charge is -2.26. The van der Waals surface area contributed by atoms with Gasteiger partial charge < -0.3 is 5.73 Å². The molecule has 0 amide bonds. The maximum absolute atomic E-state index is 12.0.